The van der Waals surface area contributed by atoms with Gasteiger partial charge < -0.3 is 20.3 Å². The lowest BCUT2D eigenvalue weighted by molar-refractivity contribution is -0.131. The van der Waals surface area contributed by atoms with E-state index in [1.807, 2.05) is 59.5 Å². The minimum atomic E-state index is -0.319. The molecule has 0 saturated carbocycles. The Kier molecular flexibility index (Phi) is 8.43. The summed E-state index contributed by atoms with van der Waals surface area (Å²) in [6, 6.07) is 17.0. The van der Waals surface area contributed by atoms with E-state index in [0.717, 1.165) is 11.1 Å². The van der Waals surface area contributed by atoms with E-state index in [2.05, 4.69) is 10.6 Å². The van der Waals surface area contributed by atoms with Crippen molar-refractivity contribution in [2.75, 3.05) is 26.7 Å². The minimum absolute atomic E-state index is 0.00502. The molecule has 7 nitrogen and oxygen atoms in total. The first-order valence-electron chi connectivity index (χ1n) is 10.7. The van der Waals surface area contributed by atoms with Crippen LogP contribution in [0.5, 0.6) is 5.75 Å². The van der Waals surface area contributed by atoms with E-state index in [0.29, 0.717) is 38.1 Å². The Balaban J connectivity index is 1.37. The predicted molar refractivity (Wildman–Crippen MR) is 123 cm³/mol. The van der Waals surface area contributed by atoms with Crippen molar-refractivity contribution in [3.05, 3.63) is 71.8 Å². The SMILES string of the molecule is COc1ccccc1CC(=O)N1CCC(NC(=O)CNC(=O)/C=C/c2ccccc2)CC1. The predicted octanol–water partition coefficient (Wildman–Crippen LogP) is 2.17. The van der Waals surface area contributed by atoms with E-state index >= 15 is 0 Å². The second-order valence-electron chi connectivity index (χ2n) is 7.67. The van der Waals surface area contributed by atoms with E-state index in [1.165, 1.54) is 6.08 Å². The Morgan fingerprint density at radius 2 is 1.72 bits per heavy atom. The van der Waals surface area contributed by atoms with Gasteiger partial charge in [-0.2, -0.15) is 0 Å². The van der Waals surface area contributed by atoms with Gasteiger partial charge in [-0.1, -0.05) is 48.5 Å². The van der Waals surface area contributed by atoms with Crippen LogP contribution in [0.2, 0.25) is 0 Å². The fourth-order valence-electron chi connectivity index (χ4n) is 3.64. The normalized spacial score (nSPS) is 14.2. The van der Waals surface area contributed by atoms with Crippen LogP contribution in [-0.4, -0.2) is 55.4 Å². The Labute approximate surface area is 188 Å². The molecule has 0 aliphatic carbocycles. The summed E-state index contributed by atoms with van der Waals surface area (Å²) in [4.78, 5) is 38.5. The molecule has 2 N–H and O–H groups in total. The maximum atomic E-state index is 12.6. The van der Waals surface area contributed by atoms with Crippen molar-refractivity contribution in [3.8, 4) is 5.75 Å². The molecular formula is C25H29N3O4. The van der Waals surface area contributed by atoms with Crippen LogP contribution >= 0.6 is 0 Å². The van der Waals surface area contributed by atoms with Gasteiger partial charge in [0.25, 0.3) is 0 Å². The third-order valence-electron chi connectivity index (χ3n) is 5.40. The van der Waals surface area contributed by atoms with Crippen LogP contribution < -0.4 is 15.4 Å². The Bertz CT molecular complexity index is 951. The first-order chi connectivity index (χ1) is 15.5. The summed E-state index contributed by atoms with van der Waals surface area (Å²) in [6.45, 7) is 1.10. The molecule has 1 saturated heterocycles. The van der Waals surface area contributed by atoms with Crippen molar-refractivity contribution in [2.24, 2.45) is 0 Å². The molecule has 0 unspecified atom stereocenters. The largest absolute Gasteiger partial charge is 0.496 e. The van der Waals surface area contributed by atoms with E-state index in [-0.39, 0.29) is 30.3 Å². The van der Waals surface area contributed by atoms with Gasteiger partial charge in [-0.05, 0) is 30.5 Å². The first-order valence-corrected chi connectivity index (χ1v) is 10.7. The lowest BCUT2D eigenvalue weighted by Gasteiger charge is -2.32. The topological polar surface area (TPSA) is 87.7 Å². The van der Waals surface area contributed by atoms with Crippen molar-refractivity contribution in [2.45, 2.75) is 25.3 Å². The van der Waals surface area contributed by atoms with Gasteiger partial charge in [0.1, 0.15) is 5.75 Å². The van der Waals surface area contributed by atoms with Crippen LogP contribution in [-0.2, 0) is 20.8 Å². The molecule has 0 atom stereocenters. The number of carbonyl (C=O) groups excluding carboxylic acids is 3. The van der Waals surface area contributed by atoms with Crippen LogP contribution in [0.1, 0.15) is 24.0 Å². The number of rotatable bonds is 8. The van der Waals surface area contributed by atoms with Gasteiger partial charge >= 0.3 is 0 Å². The molecule has 1 aliphatic rings. The number of piperidine rings is 1. The number of benzene rings is 2. The highest BCUT2D eigenvalue weighted by atomic mass is 16.5. The van der Waals surface area contributed by atoms with E-state index in [1.54, 1.807) is 13.2 Å². The van der Waals surface area contributed by atoms with Crippen molar-refractivity contribution in [1.82, 2.24) is 15.5 Å². The van der Waals surface area contributed by atoms with Gasteiger partial charge in [0.05, 0.1) is 20.1 Å². The summed E-state index contributed by atoms with van der Waals surface area (Å²) in [7, 11) is 1.60. The van der Waals surface area contributed by atoms with Crippen LogP contribution in [0.25, 0.3) is 6.08 Å². The Morgan fingerprint density at radius 1 is 1.03 bits per heavy atom. The number of likely N-dealkylation sites (tertiary alicyclic amines) is 1. The Morgan fingerprint density at radius 3 is 2.44 bits per heavy atom. The third kappa shape index (κ3) is 6.97. The highest BCUT2D eigenvalue weighted by Crippen LogP contribution is 2.19. The third-order valence-corrected chi connectivity index (χ3v) is 5.40. The molecule has 2 aromatic rings. The number of carbonyl (C=O) groups is 3. The summed E-state index contributed by atoms with van der Waals surface area (Å²) >= 11 is 0. The van der Waals surface area contributed by atoms with Crippen LogP contribution in [0.4, 0.5) is 0 Å². The van der Waals surface area contributed by atoms with Crippen LogP contribution in [0, 0.1) is 0 Å². The zero-order valence-corrected chi connectivity index (χ0v) is 18.3. The molecule has 32 heavy (non-hydrogen) atoms. The zero-order chi connectivity index (χ0) is 22.8. The molecule has 1 heterocycles. The van der Waals surface area contributed by atoms with Crippen LogP contribution in [0.3, 0.4) is 0 Å². The van der Waals surface area contributed by atoms with E-state index in [9.17, 15) is 14.4 Å². The molecule has 1 aliphatic heterocycles. The molecule has 7 heteroatoms. The molecule has 0 aromatic heterocycles. The van der Waals surface area contributed by atoms with Crippen molar-refractivity contribution < 1.29 is 19.1 Å². The molecule has 0 bridgehead atoms. The number of hydrogen-bond donors (Lipinski definition) is 2. The Hall–Kier alpha value is -3.61. The summed E-state index contributed by atoms with van der Waals surface area (Å²) < 4.78 is 5.32. The molecule has 0 radical (unpaired) electrons. The lowest BCUT2D eigenvalue weighted by Crippen LogP contribution is -2.48. The number of hydrogen-bond acceptors (Lipinski definition) is 4. The molecule has 3 rings (SSSR count). The van der Waals surface area contributed by atoms with Gasteiger partial charge in [0, 0.05) is 30.8 Å². The second kappa shape index (κ2) is 11.7. The second-order valence-corrected chi connectivity index (χ2v) is 7.67. The summed E-state index contributed by atoms with van der Waals surface area (Å²) in [5.74, 6) is 0.214. The highest BCUT2D eigenvalue weighted by Gasteiger charge is 2.24. The fourth-order valence-corrected chi connectivity index (χ4v) is 3.64. The number of amides is 3. The van der Waals surface area contributed by atoms with Gasteiger partial charge in [-0.15, -0.1) is 0 Å². The zero-order valence-electron chi connectivity index (χ0n) is 18.3. The van der Waals surface area contributed by atoms with Crippen molar-refractivity contribution >= 4 is 23.8 Å². The molecule has 2 aromatic carbocycles. The quantitative estimate of drug-likeness (QED) is 0.622. The van der Waals surface area contributed by atoms with Crippen molar-refractivity contribution in [1.29, 1.82) is 0 Å². The average Bonchev–Trinajstić information content (AvgIpc) is 2.83. The number of methoxy groups -OCH3 is 1. The molecule has 3 amide bonds. The highest BCUT2D eigenvalue weighted by molar-refractivity contribution is 5.94. The maximum Gasteiger partial charge on any atom is 0.244 e. The molecule has 1 fully saturated rings. The summed E-state index contributed by atoms with van der Waals surface area (Å²) in [6.07, 6.45) is 4.78. The maximum absolute atomic E-state index is 12.6. The molecule has 0 spiro atoms. The molecule has 168 valence electrons. The lowest BCUT2D eigenvalue weighted by atomic mass is 10.0. The number of nitrogens with zero attached hydrogens (tertiary/aromatic N) is 1. The average molecular weight is 436 g/mol. The van der Waals surface area contributed by atoms with Gasteiger partial charge in [-0.25, -0.2) is 0 Å². The van der Waals surface area contributed by atoms with E-state index < -0.39 is 0 Å². The minimum Gasteiger partial charge on any atom is -0.496 e. The van der Waals surface area contributed by atoms with E-state index in [4.69, 9.17) is 4.74 Å². The number of para-hydroxylation sites is 1. The van der Waals surface area contributed by atoms with Gasteiger partial charge in [0.2, 0.25) is 17.7 Å². The van der Waals surface area contributed by atoms with Crippen molar-refractivity contribution in [3.63, 3.8) is 0 Å². The smallest absolute Gasteiger partial charge is 0.244 e. The fraction of sp³-hybridized carbons (Fsp3) is 0.320. The summed E-state index contributed by atoms with van der Waals surface area (Å²) in [5.41, 5.74) is 1.78. The summed E-state index contributed by atoms with van der Waals surface area (Å²) in [5, 5.41) is 5.53. The number of ether oxygens (including phenoxy) is 1. The first kappa shape index (κ1) is 23.1. The monoisotopic (exact) mass is 435 g/mol. The van der Waals surface area contributed by atoms with Gasteiger partial charge in [-0.3, -0.25) is 14.4 Å². The standard InChI is InChI=1S/C25H29N3O4/c1-32-22-10-6-5-9-20(22)17-25(31)28-15-13-21(14-16-28)27-24(30)18-26-23(29)12-11-19-7-3-2-4-8-19/h2-12,21H,13-18H2,1H3,(H,26,29)(H,27,30)/b12-11+. The van der Waals surface area contributed by atoms with Crippen LogP contribution in [0.15, 0.2) is 60.7 Å². The number of nitrogens with one attached hydrogen (secondary N) is 2. The van der Waals surface area contributed by atoms with Gasteiger partial charge in [0.15, 0.2) is 0 Å². The molecular weight excluding hydrogens is 406 g/mol.